The van der Waals surface area contributed by atoms with Crippen molar-refractivity contribution in [2.24, 2.45) is 5.73 Å². The molecule has 66 valence electrons. The molecule has 1 atom stereocenters. The summed E-state index contributed by atoms with van der Waals surface area (Å²) < 4.78 is 0. The average molecular weight is 167 g/mol. The molecule has 0 radical (unpaired) electrons. The van der Waals surface area contributed by atoms with Gasteiger partial charge in [-0.3, -0.25) is 4.79 Å². The van der Waals surface area contributed by atoms with Crippen molar-refractivity contribution in [3.8, 4) is 0 Å². The van der Waals surface area contributed by atoms with Gasteiger partial charge in [0.05, 0.1) is 0 Å². The van der Waals surface area contributed by atoms with E-state index in [1.165, 1.54) is 12.3 Å². The molecular weight excluding hydrogens is 154 g/mol. The Balaban J connectivity index is 2.69. The van der Waals surface area contributed by atoms with Crippen LogP contribution in [0.1, 0.15) is 19.2 Å². The number of nitrogens with two attached hydrogens (primary N) is 1. The maximum Gasteiger partial charge on any atom is 0.250 e. The van der Waals surface area contributed by atoms with Crippen molar-refractivity contribution < 1.29 is 0 Å². The zero-order valence-corrected chi connectivity index (χ0v) is 7.08. The van der Waals surface area contributed by atoms with Crippen molar-refractivity contribution in [3.63, 3.8) is 0 Å². The topological polar surface area (TPSA) is 71.8 Å². The number of hydrogen-bond acceptors (Lipinski definition) is 3. The molecule has 1 rings (SSSR count). The smallest absolute Gasteiger partial charge is 0.250 e. The Morgan fingerprint density at radius 1 is 1.75 bits per heavy atom. The molecule has 0 amide bonds. The fourth-order valence-corrected chi connectivity index (χ4v) is 0.908. The van der Waals surface area contributed by atoms with Crippen molar-refractivity contribution in [2.75, 3.05) is 0 Å². The molecule has 1 aromatic heterocycles. The minimum absolute atomic E-state index is 0.0792. The molecular formula is C8H13N3O. The molecule has 4 heteroatoms. The van der Waals surface area contributed by atoms with Crippen LogP contribution >= 0.6 is 0 Å². The van der Waals surface area contributed by atoms with E-state index in [4.69, 9.17) is 5.73 Å². The molecule has 1 heterocycles. The van der Waals surface area contributed by atoms with E-state index in [0.29, 0.717) is 12.2 Å². The molecule has 0 spiro atoms. The predicted molar refractivity (Wildman–Crippen MR) is 46.8 cm³/mol. The average Bonchev–Trinajstić information content (AvgIpc) is 2.04. The van der Waals surface area contributed by atoms with Gasteiger partial charge in [-0.05, 0) is 6.42 Å². The van der Waals surface area contributed by atoms with Crippen LogP contribution in [0.4, 0.5) is 0 Å². The number of hydrogen-bond donors (Lipinski definition) is 2. The normalized spacial score (nSPS) is 12.8. The van der Waals surface area contributed by atoms with Gasteiger partial charge in [-0.15, -0.1) is 0 Å². The summed E-state index contributed by atoms with van der Waals surface area (Å²) >= 11 is 0. The zero-order chi connectivity index (χ0) is 8.97. The Labute approximate surface area is 70.8 Å². The predicted octanol–water partition coefficient (Wildman–Crippen LogP) is 0.0497. The van der Waals surface area contributed by atoms with Crippen LogP contribution in [0.15, 0.2) is 17.1 Å². The van der Waals surface area contributed by atoms with Crippen LogP contribution in [0, 0.1) is 0 Å². The third kappa shape index (κ3) is 2.47. The van der Waals surface area contributed by atoms with E-state index >= 15 is 0 Å². The lowest BCUT2D eigenvalue weighted by Crippen LogP contribution is -2.24. The summed E-state index contributed by atoms with van der Waals surface area (Å²) in [6.07, 6.45) is 3.02. The first-order chi connectivity index (χ1) is 5.72. The van der Waals surface area contributed by atoms with E-state index in [1.807, 2.05) is 6.92 Å². The molecule has 12 heavy (non-hydrogen) atoms. The Kier molecular flexibility index (Phi) is 2.99. The summed E-state index contributed by atoms with van der Waals surface area (Å²) in [5.74, 6) is 0.664. The highest BCUT2D eigenvalue weighted by Gasteiger charge is 2.01. The second kappa shape index (κ2) is 4.01. The first kappa shape index (κ1) is 8.93. The van der Waals surface area contributed by atoms with Gasteiger partial charge in [0.1, 0.15) is 5.82 Å². The van der Waals surface area contributed by atoms with Crippen molar-refractivity contribution >= 4 is 0 Å². The molecule has 0 aliphatic heterocycles. The number of aromatic amines is 1. The molecule has 1 unspecified atom stereocenters. The van der Waals surface area contributed by atoms with E-state index in [1.54, 1.807) is 0 Å². The summed E-state index contributed by atoms with van der Waals surface area (Å²) in [6.45, 7) is 2.01. The molecule has 0 aromatic carbocycles. The first-order valence-electron chi connectivity index (χ1n) is 4.02. The van der Waals surface area contributed by atoms with Gasteiger partial charge >= 0.3 is 0 Å². The molecule has 4 nitrogen and oxygen atoms in total. The second-order valence-corrected chi connectivity index (χ2v) is 2.75. The number of H-pyrrole nitrogens is 1. The van der Waals surface area contributed by atoms with Crippen LogP contribution in [-0.2, 0) is 6.42 Å². The summed E-state index contributed by atoms with van der Waals surface area (Å²) in [5.41, 5.74) is 5.57. The SMILES string of the molecule is CCC(N)Cc1nccc(=O)[nH]1. The lowest BCUT2D eigenvalue weighted by atomic mass is 10.1. The number of rotatable bonds is 3. The summed E-state index contributed by atoms with van der Waals surface area (Å²) in [6, 6.07) is 1.47. The fraction of sp³-hybridized carbons (Fsp3) is 0.500. The number of nitrogens with one attached hydrogen (secondary N) is 1. The highest BCUT2D eigenvalue weighted by atomic mass is 16.1. The Bertz CT molecular complexity index is 294. The Morgan fingerprint density at radius 3 is 3.08 bits per heavy atom. The van der Waals surface area contributed by atoms with Crippen molar-refractivity contribution in [1.82, 2.24) is 9.97 Å². The first-order valence-corrected chi connectivity index (χ1v) is 4.02. The van der Waals surface area contributed by atoms with Crippen LogP contribution in [-0.4, -0.2) is 16.0 Å². The van der Waals surface area contributed by atoms with E-state index < -0.39 is 0 Å². The van der Waals surface area contributed by atoms with Crippen molar-refractivity contribution in [2.45, 2.75) is 25.8 Å². The van der Waals surface area contributed by atoms with Crippen LogP contribution in [0.3, 0.4) is 0 Å². The maximum atomic E-state index is 10.8. The molecule has 0 saturated carbocycles. The van der Waals surface area contributed by atoms with E-state index in [-0.39, 0.29) is 11.6 Å². The molecule has 0 aliphatic carbocycles. The lowest BCUT2D eigenvalue weighted by molar-refractivity contribution is 0.623. The molecule has 1 aromatic rings. The second-order valence-electron chi connectivity index (χ2n) is 2.75. The zero-order valence-electron chi connectivity index (χ0n) is 7.08. The van der Waals surface area contributed by atoms with Crippen LogP contribution in [0.5, 0.6) is 0 Å². The van der Waals surface area contributed by atoms with Crippen LogP contribution in [0.2, 0.25) is 0 Å². The van der Waals surface area contributed by atoms with Gasteiger partial charge in [0.25, 0.3) is 5.56 Å². The third-order valence-electron chi connectivity index (χ3n) is 1.70. The van der Waals surface area contributed by atoms with Gasteiger partial charge < -0.3 is 10.7 Å². The minimum atomic E-state index is -0.122. The number of nitrogens with zero attached hydrogens (tertiary/aromatic N) is 1. The van der Waals surface area contributed by atoms with Gasteiger partial charge in [0.15, 0.2) is 0 Å². The van der Waals surface area contributed by atoms with Gasteiger partial charge in [0, 0.05) is 24.7 Å². The van der Waals surface area contributed by atoms with Crippen LogP contribution in [0.25, 0.3) is 0 Å². The maximum absolute atomic E-state index is 10.8. The molecule has 0 bridgehead atoms. The largest absolute Gasteiger partial charge is 0.327 e. The van der Waals surface area contributed by atoms with E-state index in [0.717, 1.165) is 6.42 Å². The van der Waals surface area contributed by atoms with E-state index in [2.05, 4.69) is 9.97 Å². The van der Waals surface area contributed by atoms with Crippen LogP contribution < -0.4 is 11.3 Å². The quantitative estimate of drug-likeness (QED) is 0.668. The molecule has 0 aliphatic rings. The molecule has 0 fully saturated rings. The highest BCUT2D eigenvalue weighted by Crippen LogP contribution is 1.94. The summed E-state index contributed by atoms with van der Waals surface area (Å²) in [5, 5.41) is 0. The lowest BCUT2D eigenvalue weighted by Gasteiger charge is -2.06. The Hall–Kier alpha value is -1.16. The van der Waals surface area contributed by atoms with Crippen molar-refractivity contribution in [1.29, 1.82) is 0 Å². The van der Waals surface area contributed by atoms with Crippen molar-refractivity contribution in [3.05, 3.63) is 28.4 Å². The van der Waals surface area contributed by atoms with E-state index in [9.17, 15) is 4.79 Å². The number of aromatic nitrogens is 2. The molecule has 3 N–H and O–H groups in total. The van der Waals surface area contributed by atoms with Gasteiger partial charge in [-0.1, -0.05) is 6.92 Å². The minimum Gasteiger partial charge on any atom is -0.327 e. The third-order valence-corrected chi connectivity index (χ3v) is 1.70. The van der Waals surface area contributed by atoms with Gasteiger partial charge in [0.2, 0.25) is 0 Å². The highest BCUT2D eigenvalue weighted by molar-refractivity contribution is 4.91. The monoisotopic (exact) mass is 167 g/mol. The summed E-state index contributed by atoms with van der Waals surface area (Å²) in [7, 11) is 0. The standard InChI is InChI=1S/C8H13N3O/c1-2-6(9)5-7-10-4-3-8(12)11-7/h3-4,6H,2,5,9H2,1H3,(H,10,11,12). The molecule has 0 saturated heterocycles. The summed E-state index contributed by atoms with van der Waals surface area (Å²) in [4.78, 5) is 17.4. The van der Waals surface area contributed by atoms with Gasteiger partial charge in [-0.25, -0.2) is 4.98 Å². The van der Waals surface area contributed by atoms with Gasteiger partial charge in [-0.2, -0.15) is 0 Å². The fourth-order valence-electron chi connectivity index (χ4n) is 0.908. The Morgan fingerprint density at radius 2 is 2.50 bits per heavy atom.